The van der Waals surface area contributed by atoms with Gasteiger partial charge in [-0.3, -0.25) is 4.79 Å². The van der Waals surface area contributed by atoms with E-state index >= 15 is 0 Å². The van der Waals surface area contributed by atoms with Crippen molar-refractivity contribution in [3.8, 4) is 0 Å². The van der Waals surface area contributed by atoms with Crippen LogP contribution in [0.4, 0.5) is 4.79 Å². The van der Waals surface area contributed by atoms with E-state index in [4.69, 9.17) is 21.1 Å². The number of likely N-dealkylation sites (tertiary alicyclic amines) is 1. The molecule has 1 saturated carbocycles. The average molecular weight is 276 g/mol. The van der Waals surface area contributed by atoms with Gasteiger partial charge in [-0.15, -0.1) is 0 Å². The number of piperidine rings is 1. The molecule has 2 fully saturated rings. The van der Waals surface area contributed by atoms with Crippen LogP contribution in [0.3, 0.4) is 0 Å². The predicted molar refractivity (Wildman–Crippen MR) is 65.1 cm³/mol. The second kappa shape index (κ2) is 4.61. The second-order valence-electron chi connectivity index (χ2n) is 5.78. The number of hydrogen-bond acceptors (Lipinski definition) is 4. The standard InChI is InChI=1S/C12H18ClNO4/c1-12(2,3)18-11(16)14-5-8(7-4-9(7)14)10(15)17-6-13/h7-9H,4-6H2,1-3H3. The van der Waals surface area contributed by atoms with E-state index in [2.05, 4.69) is 0 Å². The number of carbonyl (C=O) groups excluding carboxylic acids is 2. The Labute approximate surface area is 111 Å². The molecular weight excluding hydrogens is 258 g/mol. The summed E-state index contributed by atoms with van der Waals surface area (Å²) in [6.45, 7) is 5.85. The molecule has 1 heterocycles. The summed E-state index contributed by atoms with van der Waals surface area (Å²) in [5.41, 5.74) is -0.518. The predicted octanol–water partition coefficient (Wildman–Crippen LogP) is 1.98. The molecule has 0 aromatic carbocycles. The number of ether oxygens (including phenoxy) is 2. The highest BCUT2D eigenvalue weighted by Gasteiger charge is 2.58. The van der Waals surface area contributed by atoms with Crippen molar-refractivity contribution in [3.05, 3.63) is 0 Å². The minimum absolute atomic E-state index is 0.132. The van der Waals surface area contributed by atoms with Crippen LogP contribution in [0.1, 0.15) is 27.2 Å². The van der Waals surface area contributed by atoms with Gasteiger partial charge in [0.05, 0.1) is 5.92 Å². The minimum Gasteiger partial charge on any atom is -0.449 e. The summed E-state index contributed by atoms with van der Waals surface area (Å²) in [5.74, 6) is -0.349. The molecule has 1 aliphatic heterocycles. The van der Waals surface area contributed by atoms with Crippen LogP contribution in [0, 0.1) is 11.8 Å². The van der Waals surface area contributed by atoms with Crippen LogP contribution in [-0.4, -0.2) is 41.2 Å². The molecule has 0 bridgehead atoms. The molecule has 0 aromatic rings. The smallest absolute Gasteiger partial charge is 0.410 e. The quantitative estimate of drug-likeness (QED) is 0.571. The van der Waals surface area contributed by atoms with Crippen molar-refractivity contribution in [2.45, 2.75) is 38.8 Å². The summed E-state index contributed by atoms with van der Waals surface area (Å²) in [6.07, 6.45) is 0.498. The van der Waals surface area contributed by atoms with Gasteiger partial charge in [-0.2, -0.15) is 0 Å². The lowest BCUT2D eigenvalue weighted by atomic mass is 10.1. The Morgan fingerprint density at radius 3 is 2.61 bits per heavy atom. The van der Waals surface area contributed by atoms with Crippen LogP contribution in [0.25, 0.3) is 0 Å². The normalized spacial score (nSPS) is 29.8. The molecule has 0 aromatic heterocycles. The molecule has 3 unspecified atom stereocenters. The van der Waals surface area contributed by atoms with Crippen molar-refractivity contribution < 1.29 is 19.1 Å². The SMILES string of the molecule is CC(C)(C)OC(=O)N1CC(C(=O)OCCl)C2CC21. The van der Waals surface area contributed by atoms with Crippen molar-refractivity contribution in [2.24, 2.45) is 11.8 Å². The molecule has 2 aliphatic rings. The first-order valence-corrected chi connectivity index (χ1v) is 6.59. The van der Waals surface area contributed by atoms with Crippen LogP contribution in [0.2, 0.25) is 0 Å². The molecule has 1 saturated heterocycles. The molecule has 2 rings (SSSR count). The fourth-order valence-electron chi connectivity index (χ4n) is 2.41. The molecule has 5 nitrogen and oxygen atoms in total. The van der Waals surface area contributed by atoms with Crippen LogP contribution in [0.5, 0.6) is 0 Å². The van der Waals surface area contributed by atoms with Gasteiger partial charge in [0, 0.05) is 12.6 Å². The summed E-state index contributed by atoms with van der Waals surface area (Å²) in [7, 11) is 0. The fraction of sp³-hybridized carbons (Fsp3) is 0.833. The Kier molecular flexibility index (Phi) is 3.45. The lowest BCUT2D eigenvalue weighted by molar-refractivity contribution is -0.146. The number of rotatable bonds is 2. The van der Waals surface area contributed by atoms with Gasteiger partial charge < -0.3 is 14.4 Å². The Morgan fingerprint density at radius 2 is 2.06 bits per heavy atom. The van der Waals surface area contributed by atoms with Crippen molar-refractivity contribution in [1.82, 2.24) is 4.90 Å². The Bertz CT molecular complexity index is 366. The van der Waals surface area contributed by atoms with Gasteiger partial charge in [0.1, 0.15) is 5.60 Å². The summed E-state index contributed by atoms with van der Waals surface area (Å²) in [6, 6.07) is -0.00757. The Balaban J connectivity index is 1.94. The molecule has 0 N–H and O–H groups in total. The summed E-state index contributed by atoms with van der Waals surface area (Å²) in [5, 5.41) is 0. The average Bonchev–Trinajstić information content (AvgIpc) is 2.90. The molecule has 0 spiro atoms. The first-order valence-electron chi connectivity index (χ1n) is 6.05. The Hall–Kier alpha value is -0.970. The fourth-order valence-corrected chi connectivity index (χ4v) is 2.52. The number of alkyl halides is 1. The van der Waals surface area contributed by atoms with Crippen molar-refractivity contribution in [1.29, 1.82) is 0 Å². The number of hydrogen-bond donors (Lipinski definition) is 0. The molecule has 102 valence electrons. The highest BCUT2D eigenvalue weighted by Crippen LogP contribution is 2.49. The maximum Gasteiger partial charge on any atom is 0.410 e. The second-order valence-corrected chi connectivity index (χ2v) is 6.00. The maximum absolute atomic E-state index is 11.9. The van der Waals surface area contributed by atoms with Crippen LogP contribution in [0.15, 0.2) is 0 Å². The van der Waals surface area contributed by atoms with Gasteiger partial charge in [-0.1, -0.05) is 11.6 Å². The highest BCUT2D eigenvalue weighted by molar-refractivity contribution is 6.17. The largest absolute Gasteiger partial charge is 0.449 e. The van der Waals surface area contributed by atoms with Gasteiger partial charge >= 0.3 is 12.1 Å². The van der Waals surface area contributed by atoms with Crippen molar-refractivity contribution in [3.63, 3.8) is 0 Å². The number of esters is 1. The van der Waals surface area contributed by atoms with Gasteiger partial charge in [-0.05, 0) is 33.1 Å². The molecule has 0 radical (unpaired) electrons. The molecule has 1 amide bonds. The zero-order chi connectivity index (χ0) is 13.5. The third kappa shape index (κ3) is 2.71. The first-order chi connectivity index (χ1) is 8.33. The van der Waals surface area contributed by atoms with Crippen LogP contribution >= 0.6 is 11.6 Å². The number of carbonyl (C=O) groups is 2. The summed E-state index contributed by atoms with van der Waals surface area (Å²) >= 11 is 5.37. The Morgan fingerprint density at radius 1 is 1.39 bits per heavy atom. The topological polar surface area (TPSA) is 55.8 Å². The van der Waals surface area contributed by atoms with Gasteiger partial charge in [0.2, 0.25) is 0 Å². The van der Waals surface area contributed by atoms with E-state index < -0.39 is 5.60 Å². The van der Waals surface area contributed by atoms with E-state index in [1.165, 1.54) is 0 Å². The molecule has 3 atom stereocenters. The van der Waals surface area contributed by atoms with Gasteiger partial charge in [-0.25, -0.2) is 4.79 Å². The summed E-state index contributed by atoms with van der Waals surface area (Å²) < 4.78 is 10.1. The zero-order valence-corrected chi connectivity index (χ0v) is 11.6. The number of fused-ring (bicyclic) bond motifs is 1. The van der Waals surface area contributed by atoms with E-state index in [-0.39, 0.29) is 36.0 Å². The number of nitrogens with zero attached hydrogens (tertiary/aromatic N) is 1. The van der Waals surface area contributed by atoms with E-state index in [0.717, 1.165) is 6.42 Å². The third-order valence-corrected chi connectivity index (χ3v) is 3.35. The van der Waals surface area contributed by atoms with E-state index in [9.17, 15) is 9.59 Å². The number of amides is 1. The van der Waals surface area contributed by atoms with E-state index in [1.54, 1.807) is 4.90 Å². The van der Waals surface area contributed by atoms with Crippen LogP contribution in [-0.2, 0) is 14.3 Å². The van der Waals surface area contributed by atoms with E-state index in [0.29, 0.717) is 6.54 Å². The van der Waals surface area contributed by atoms with Crippen molar-refractivity contribution >= 4 is 23.7 Å². The monoisotopic (exact) mass is 275 g/mol. The lowest BCUT2D eigenvalue weighted by Gasteiger charge is -2.26. The summed E-state index contributed by atoms with van der Waals surface area (Å²) in [4.78, 5) is 25.2. The van der Waals surface area contributed by atoms with Gasteiger partial charge in [0.15, 0.2) is 6.07 Å². The van der Waals surface area contributed by atoms with Crippen LogP contribution < -0.4 is 0 Å². The lowest BCUT2D eigenvalue weighted by Crippen LogP contribution is -2.38. The molecule has 1 aliphatic carbocycles. The third-order valence-electron chi connectivity index (χ3n) is 3.24. The number of halogens is 1. The molecule has 6 heteroatoms. The molecular formula is C12H18ClNO4. The maximum atomic E-state index is 11.9. The van der Waals surface area contributed by atoms with Crippen molar-refractivity contribution in [2.75, 3.05) is 12.6 Å². The van der Waals surface area contributed by atoms with E-state index in [1.807, 2.05) is 20.8 Å². The first kappa shape index (κ1) is 13.5. The highest BCUT2D eigenvalue weighted by atomic mass is 35.5. The minimum atomic E-state index is -0.518. The molecule has 18 heavy (non-hydrogen) atoms. The van der Waals surface area contributed by atoms with Gasteiger partial charge in [0.25, 0.3) is 0 Å². The zero-order valence-electron chi connectivity index (χ0n) is 10.8.